The summed E-state index contributed by atoms with van der Waals surface area (Å²) >= 11 is 6.55. The second kappa shape index (κ2) is 24.3. The Morgan fingerprint density at radius 1 is 0.840 bits per heavy atom. The van der Waals surface area contributed by atoms with Crippen LogP contribution in [0.4, 0.5) is 26.7 Å². The third kappa shape index (κ3) is 12.4. The van der Waals surface area contributed by atoms with Crippen molar-refractivity contribution in [1.82, 2.24) is 35.7 Å². The number of benzene rings is 3. The van der Waals surface area contributed by atoms with Crippen LogP contribution in [0.3, 0.4) is 0 Å². The molecule has 1 aliphatic carbocycles. The second-order valence-corrected chi connectivity index (χ2v) is 22.9. The summed E-state index contributed by atoms with van der Waals surface area (Å²) in [4.78, 5) is 137. The van der Waals surface area contributed by atoms with Crippen molar-refractivity contribution < 1.29 is 62.1 Å². The van der Waals surface area contributed by atoms with Crippen LogP contribution in [-0.2, 0) is 46.5 Å². The van der Waals surface area contributed by atoms with Gasteiger partial charge >= 0.3 is 20.8 Å². The number of rotatable bonds is 20. The molecule has 0 spiro atoms. The van der Waals surface area contributed by atoms with Crippen LogP contribution in [-0.4, -0.2) is 142 Å². The smallest absolute Gasteiger partial charge is 0.415 e. The predicted octanol–water partition coefficient (Wildman–Crippen LogP) is 6.34. The number of carbonyl (C=O) groups excluding carboxylic acids is 8. The summed E-state index contributed by atoms with van der Waals surface area (Å²) in [7, 11) is 0.327. The van der Waals surface area contributed by atoms with Crippen LogP contribution in [0.2, 0.25) is 0 Å². The highest BCUT2D eigenvalue weighted by molar-refractivity contribution is 7.39. The van der Waals surface area contributed by atoms with E-state index in [9.17, 15) is 48.1 Å². The molecule has 23 nitrogen and oxygen atoms in total. The molecule has 2 unspecified atom stereocenters. The molecule has 5 aromatic rings. The van der Waals surface area contributed by atoms with Gasteiger partial charge in [0.2, 0.25) is 35.4 Å². The van der Waals surface area contributed by atoms with Gasteiger partial charge in [0.15, 0.2) is 11.5 Å². The minimum atomic E-state index is -2.75. The fourth-order valence-electron chi connectivity index (χ4n) is 11.4. The fraction of sp³-hybridized carbons (Fsp3) is 0.464. The molecule has 3 aromatic carbocycles. The molecule has 25 heteroatoms. The predicted molar refractivity (Wildman–Crippen MR) is 305 cm³/mol. The number of halogens is 1. The Labute approximate surface area is 474 Å². The number of amides is 8. The molecule has 1 saturated carbocycles. The molecular weight excluding hydrogens is 1090 g/mol. The number of ether oxygens (including phenoxy) is 2. The number of hydrogen-bond acceptors (Lipinski definition) is 13. The summed E-state index contributed by atoms with van der Waals surface area (Å²) in [6, 6.07) is 8.98. The van der Waals surface area contributed by atoms with Gasteiger partial charge in [0.05, 0.1) is 40.9 Å². The molecule has 434 valence electrons. The molecule has 0 bridgehead atoms. The normalized spacial score (nSPS) is 18.5. The van der Waals surface area contributed by atoms with Crippen LogP contribution >= 0.6 is 20.2 Å². The van der Waals surface area contributed by atoms with Crippen LogP contribution in [0.25, 0.3) is 21.8 Å². The van der Waals surface area contributed by atoms with Gasteiger partial charge in [0.25, 0.3) is 0 Å². The van der Waals surface area contributed by atoms with Gasteiger partial charge in [-0.2, -0.15) is 0 Å². The topological polar surface area (TPSA) is 297 Å². The monoisotopic (exact) mass is 1160 g/mol. The van der Waals surface area contributed by atoms with E-state index in [1.165, 1.54) is 23.8 Å². The number of alkyl halides is 1. The highest BCUT2D eigenvalue weighted by Crippen LogP contribution is 2.60. The molecule has 1 fully saturated rings. The summed E-state index contributed by atoms with van der Waals surface area (Å²) < 4.78 is 17.0. The number of carbonyl (C=O) groups is 8. The van der Waals surface area contributed by atoms with Crippen molar-refractivity contribution in [3.8, 4) is 11.5 Å². The number of nitrogens with one attached hydrogen (secondary N) is 6. The number of aromatic nitrogens is 2. The van der Waals surface area contributed by atoms with E-state index in [0.717, 1.165) is 33.0 Å². The Balaban J connectivity index is 0.845. The first kappa shape index (κ1) is 59.7. The molecule has 4 heterocycles. The number of fused-ring (bicyclic) bond motifs is 6. The number of likely N-dealkylation sites (N-methyl/N-ethyl adjacent to an activating group) is 2. The third-order valence-electron chi connectivity index (χ3n) is 15.7. The zero-order valence-electron chi connectivity index (χ0n) is 46.8. The Hall–Kier alpha value is -7.46. The van der Waals surface area contributed by atoms with Gasteiger partial charge in [-0.1, -0.05) is 39.8 Å². The maximum atomic E-state index is 15.0. The van der Waals surface area contributed by atoms with Crippen LogP contribution in [0.15, 0.2) is 48.8 Å². The van der Waals surface area contributed by atoms with E-state index in [1.54, 1.807) is 73.3 Å². The zero-order chi connectivity index (χ0) is 58.8. The lowest BCUT2D eigenvalue weighted by Gasteiger charge is -2.54. The van der Waals surface area contributed by atoms with Crippen LogP contribution in [0, 0.1) is 30.6 Å². The Morgan fingerprint density at radius 2 is 1.46 bits per heavy atom. The highest BCUT2D eigenvalue weighted by atomic mass is 35.5. The molecule has 81 heavy (non-hydrogen) atoms. The maximum Gasteiger partial charge on any atom is 0.415 e. The molecule has 8 rings (SSSR count). The molecular formula is C56H70ClN10O13P. The van der Waals surface area contributed by atoms with Crippen LogP contribution in [0.5, 0.6) is 11.5 Å². The third-order valence-corrected chi connectivity index (χ3v) is 16.4. The first-order valence-corrected chi connectivity index (χ1v) is 28.4. The summed E-state index contributed by atoms with van der Waals surface area (Å²) in [6.45, 7) is 12.6. The SMILES string of the molecule is CCC1(C(=O)N2CCc3c2cc(OC(=O)N(C)CCN(C)C(=O)OCc2ccc(NC(=O)CNC(=O)C(NC(=O)CNC(C)=O)C(C)C)cc2)c2[nH]cc(C)c32)CC(C)(C(=O)N2CC(CCl)c3c2cc(OP(O)O)c2[nH]cc(C)c32)C1. The number of anilines is 3. The van der Waals surface area contributed by atoms with E-state index >= 15 is 0 Å². The standard InChI is InChI=1S/C56H70ClN10O13P/c1-10-56(28-55(7,29-56)51(72)67-26-35(21-57)46-39(67)20-41(80-81(76)77)49-45(46)32(5)23-60-49)52(73)66-16-15-37-38(66)19-40(48-44(37)31(4)22-59-48)79-54(75)65(9)18-17-64(8)53(74)78-27-34-11-13-36(14-12-34)62-42(69)25-61-50(71)47(30(2)3)63-43(70)24-58-33(6)68/h11-14,19-20,22-23,30,35,47,59-60,76-77H,10,15-18,21,24-29H2,1-9H3,(H,58,68)(H,61,71)(H,62,69)(H,63,70). The summed E-state index contributed by atoms with van der Waals surface area (Å²) in [6.07, 6.45) is 3.92. The van der Waals surface area contributed by atoms with Gasteiger partial charge in [0, 0.05) is 105 Å². The average molecular weight is 1160 g/mol. The number of hydrogen-bond donors (Lipinski definition) is 8. The molecule has 2 aromatic heterocycles. The Kier molecular flexibility index (Phi) is 17.9. The summed E-state index contributed by atoms with van der Waals surface area (Å²) in [5, 5.41) is 11.8. The lowest BCUT2D eigenvalue weighted by atomic mass is 9.51. The molecule has 0 radical (unpaired) electrons. The molecule has 8 amide bonds. The Bertz CT molecular complexity index is 3280. The summed E-state index contributed by atoms with van der Waals surface area (Å²) in [5.41, 5.74) is 5.32. The molecule has 0 saturated heterocycles. The quantitative estimate of drug-likeness (QED) is 0.0312. The first-order valence-electron chi connectivity index (χ1n) is 26.7. The average Bonchev–Trinajstić information content (AvgIpc) is 4.27. The molecule has 8 N–H and O–H groups in total. The highest BCUT2D eigenvalue weighted by Gasteiger charge is 2.61. The zero-order valence-corrected chi connectivity index (χ0v) is 48.5. The van der Waals surface area contributed by atoms with Gasteiger partial charge in [-0.15, -0.1) is 11.6 Å². The van der Waals surface area contributed by atoms with Crippen molar-refractivity contribution in [1.29, 1.82) is 0 Å². The lowest BCUT2D eigenvalue weighted by Crippen LogP contribution is -2.60. The minimum Gasteiger partial charge on any atom is -0.445 e. The fourth-order valence-corrected chi connectivity index (χ4v) is 12.0. The van der Waals surface area contributed by atoms with E-state index in [4.69, 9.17) is 25.6 Å². The van der Waals surface area contributed by atoms with Crippen molar-refractivity contribution in [3.05, 3.63) is 76.6 Å². The number of nitrogens with zero attached hydrogens (tertiary/aromatic N) is 4. The van der Waals surface area contributed by atoms with Gasteiger partial charge in [0.1, 0.15) is 12.6 Å². The van der Waals surface area contributed by atoms with Crippen LogP contribution < -0.4 is 40.3 Å². The minimum absolute atomic E-state index is 0.0801. The van der Waals surface area contributed by atoms with Crippen molar-refractivity contribution in [2.24, 2.45) is 16.7 Å². The Morgan fingerprint density at radius 3 is 2.07 bits per heavy atom. The van der Waals surface area contributed by atoms with E-state index in [1.807, 2.05) is 33.9 Å². The summed E-state index contributed by atoms with van der Waals surface area (Å²) in [5.74, 6) is -2.10. The number of aromatic amines is 2. The van der Waals surface area contributed by atoms with Gasteiger partial charge in [-0.05, 0) is 85.4 Å². The van der Waals surface area contributed by atoms with Gasteiger partial charge < -0.3 is 74.6 Å². The van der Waals surface area contributed by atoms with E-state index in [0.29, 0.717) is 72.4 Å². The van der Waals surface area contributed by atoms with Crippen LogP contribution in [0.1, 0.15) is 87.6 Å². The number of H-pyrrole nitrogens is 2. The van der Waals surface area contributed by atoms with Gasteiger partial charge in [-0.25, -0.2) is 9.59 Å². The molecule has 2 aliphatic heterocycles. The first-order chi connectivity index (χ1) is 38.4. The van der Waals surface area contributed by atoms with Gasteiger partial charge in [-0.3, -0.25) is 28.8 Å². The van der Waals surface area contributed by atoms with E-state index in [2.05, 4.69) is 31.2 Å². The van der Waals surface area contributed by atoms with E-state index < -0.39 is 55.4 Å². The number of aryl methyl sites for hydroxylation is 2. The molecule has 3 aliphatic rings. The van der Waals surface area contributed by atoms with E-state index in [-0.39, 0.29) is 79.7 Å². The van der Waals surface area contributed by atoms with Crippen molar-refractivity contribution in [2.45, 2.75) is 92.7 Å². The molecule has 2 atom stereocenters. The second-order valence-electron chi connectivity index (χ2n) is 21.9. The van der Waals surface area contributed by atoms with Crippen molar-refractivity contribution in [3.63, 3.8) is 0 Å². The van der Waals surface area contributed by atoms with Crippen molar-refractivity contribution in [2.75, 3.05) is 74.4 Å². The lowest BCUT2D eigenvalue weighted by molar-refractivity contribution is -0.153. The largest absolute Gasteiger partial charge is 0.445 e. The van der Waals surface area contributed by atoms with Crippen molar-refractivity contribution >= 4 is 107 Å². The maximum absolute atomic E-state index is 15.0.